The fourth-order valence-corrected chi connectivity index (χ4v) is 3.14. The van der Waals surface area contributed by atoms with Gasteiger partial charge in [0.15, 0.2) is 0 Å². The topological polar surface area (TPSA) is 57.5 Å². The highest BCUT2D eigenvalue weighted by Crippen LogP contribution is 2.54. The molecule has 0 bridgehead atoms. The van der Waals surface area contributed by atoms with Gasteiger partial charge in [0.1, 0.15) is 6.29 Å². The summed E-state index contributed by atoms with van der Waals surface area (Å²) in [6.45, 7) is 7.77. The van der Waals surface area contributed by atoms with Crippen LogP contribution in [0.5, 0.6) is 0 Å². The summed E-state index contributed by atoms with van der Waals surface area (Å²) in [6.07, 6.45) is 6.04. The molecule has 0 aromatic rings. The van der Waals surface area contributed by atoms with Crippen LogP contribution in [0.25, 0.3) is 0 Å². The maximum atomic E-state index is 10.9. The van der Waals surface area contributed by atoms with Gasteiger partial charge in [0.2, 0.25) is 0 Å². The van der Waals surface area contributed by atoms with Crippen LogP contribution in [-0.4, -0.2) is 28.2 Å². The number of aliphatic hydroxyl groups is 2. The normalized spacial score (nSPS) is 38.5. The van der Waals surface area contributed by atoms with Crippen molar-refractivity contribution in [3.8, 4) is 0 Å². The number of carbonyl (C=O) groups is 1. The van der Waals surface area contributed by atoms with Crippen molar-refractivity contribution < 1.29 is 15.0 Å². The van der Waals surface area contributed by atoms with Crippen molar-refractivity contribution in [1.29, 1.82) is 0 Å². The highest BCUT2D eigenvalue weighted by Gasteiger charge is 2.53. The predicted octanol–water partition coefficient (Wildman–Crippen LogP) is 2.32. The molecule has 0 amide bonds. The second kappa shape index (κ2) is 5.54. The SMILES string of the molecule is CC(C)[C@]1(O)CC[C@](C)(CC=O)[C@H]1/C=C/[C@@H](C)O. The number of hydrogen-bond acceptors (Lipinski definition) is 3. The number of aldehydes is 1. The summed E-state index contributed by atoms with van der Waals surface area (Å²) in [4.78, 5) is 10.9. The second-order valence-corrected chi connectivity index (χ2v) is 6.27. The molecule has 0 saturated heterocycles. The molecule has 1 fully saturated rings. The van der Waals surface area contributed by atoms with Gasteiger partial charge < -0.3 is 15.0 Å². The van der Waals surface area contributed by atoms with Crippen molar-refractivity contribution in [2.45, 2.75) is 58.7 Å². The minimum absolute atomic E-state index is 0.0789. The van der Waals surface area contributed by atoms with Gasteiger partial charge >= 0.3 is 0 Å². The third-order valence-corrected chi connectivity index (χ3v) is 4.52. The first-order valence-electron chi connectivity index (χ1n) is 6.78. The maximum absolute atomic E-state index is 10.9. The van der Waals surface area contributed by atoms with Crippen molar-refractivity contribution in [1.82, 2.24) is 0 Å². The van der Waals surface area contributed by atoms with E-state index in [1.54, 1.807) is 13.0 Å². The van der Waals surface area contributed by atoms with Gasteiger partial charge in [-0.1, -0.05) is 32.9 Å². The highest BCUT2D eigenvalue weighted by atomic mass is 16.3. The van der Waals surface area contributed by atoms with Gasteiger partial charge in [0.05, 0.1) is 11.7 Å². The Bertz CT molecular complexity index is 322. The van der Waals surface area contributed by atoms with E-state index >= 15 is 0 Å². The lowest BCUT2D eigenvalue weighted by Gasteiger charge is -2.38. The number of aliphatic hydroxyl groups excluding tert-OH is 1. The molecular weight excluding hydrogens is 228 g/mol. The molecule has 0 aromatic heterocycles. The predicted molar refractivity (Wildman–Crippen MR) is 72.1 cm³/mol. The van der Waals surface area contributed by atoms with Crippen molar-refractivity contribution in [2.24, 2.45) is 17.3 Å². The molecule has 1 aliphatic rings. The zero-order valence-electron chi connectivity index (χ0n) is 11.9. The Labute approximate surface area is 110 Å². The number of rotatable bonds is 5. The molecule has 0 spiro atoms. The summed E-state index contributed by atoms with van der Waals surface area (Å²) in [7, 11) is 0. The largest absolute Gasteiger partial charge is 0.389 e. The molecule has 3 nitrogen and oxygen atoms in total. The van der Waals surface area contributed by atoms with Gasteiger partial charge in [-0.25, -0.2) is 0 Å². The molecule has 2 N–H and O–H groups in total. The smallest absolute Gasteiger partial charge is 0.120 e. The molecule has 0 aliphatic heterocycles. The van der Waals surface area contributed by atoms with E-state index in [4.69, 9.17) is 0 Å². The molecular formula is C15H26O3. The summed E-state index contributed by atoms with van der Waals surface area (Å²) in [5.74, 6) is 0.0550. The van der Waals surface area contributed by atoms with Gasteiger partial charge in [-0.15, -0.1) is 0 Å². The van der Waals surface area contributed by atoms with Gasteiger partial charge in [-0.05, 0) is 31.1 Å². The standard InChI is InChI=1S/C15H26O3/c1-11(2)15(18)8-7-14(4,9-10-16)13(15)6-5-12(3)17/h5-6,10-13,17-18H,7-9H2,1-4H3/b6-5+/t12-,13-,14-,15-/m1/s1. The van der Waals surface area contributed by atoms with Crippen molar-refractivity contribution in [3.05, 3.63) is 12.2 Å². The fraction of sp³-hybridized carbons (Fsp3) is 0.800. The molecule has 0 radical (unpaired) electrons. The van der Waals surface area contributed by atoms with Crippen LogP contribution in [0.2, 0.25) is 0 Å². The van der Waals surface area contributed by atoms with Crippen molar-refractivity contribution >= 4 is 6.29 Å². The van der Waals surface area contributed by atoms with E-state index in [2.05, 4.69) is 6.92 Å². The van der Waals surface area contributed by atoms with E-state index in [1.807, 2.05) is 19.9 Å². The highest BCUT2D eigenvalue weighted by molar-refractivity contribution is 5.51. The van der Waals surface area contributed by atoms with Gasteiger partial charge in [0.25, 0.3) is 0 Å². The molecule has 1 saturated carbocycles. The monoisotopic (exact) mass is 254 g/mol. The van der Waals surface area contributed by atoms with Crippen LogP contribution in [0.15, 0.2) is 12.2 Å². The molecule has 104 valence electrons. The summed E-state index contributed by atoms with van der Waals surface area (Å²) in [6, 6.07) is 0. The first-order valence-corrected chi connectivity index (χ1v) is 6.78. The lowest BCUT2D eigenvalue weighted by Crippen LogP contribution is -2.42. The molecule has 0 unspecified atom stereocenters. The minimum Gasteiger partial charge on any atom is -0.389 e. The maximum Gasteiger partial charge on any atom is 0.120 e. The number of carbonyl (C=O) groups excluding carboxylic acids is 1. The molecule has 4 atom stereocenters. The molecule has 0 aromatic carbocycles. The van der Waals surface area contributed by atoms with E-state index in [1.165, 1.54) is 0 Å². The van der Waals surface area contributed by atoms with Crippen molar-refractivity contribution in [3.63, 3.8) is 0 Å². The molecule has 3 heteroatoms. The first kappa shape index (κ1) is 15.4. The zero-order valence-corrected chi connectivity index (χ0v) is 11.9. The summed E-state index contributed by atoms with van der Waals surface area (Å²) in [5.41, 5.74) is -0.977. The average Bonchev–Trinajstić information content (AvgIpc) is 2.50. The quantitative estimate of drug-likeness (QED) is 0.585. The molecule has 1 aliphatic carbocycles. The van der Waals surface area contributed by atoms with Crippen LogP contribution in [-0.2, 0) is 4.79 Å². The fourth-order valence-electron chi connectivity index (χ4n) is 3.14. The Balaban J connectivity index is 3.07. The van der Waals surface area contributed by atoms with Crippen molar-refractivity contribution in [2.75, 3.05) is 0 Å². The van der Waals surface area contributed by atoms with E-state index in [0.29, 0.717) is 12.8 Å². The Morgan fingerprint density at radius 3 is 2.39 bits per heavy atom. The summed E-state index contributed by atoms with van der Waals surface area (Å²) >= 11 is 0. The van der Waals surface area contributed by atoms with E-state index in [0.717, 1.165) is 12.7 Å². The lowest BCUT2D eigenvalue weighted by atomic mass is 9.70. The zero-order chi connectivity index (χ0) is 14.0. The van der Waals surface area contributed by atoms with Crippen LogP contribution >= 0.6 is 0 Å². The van der Waals surface area contributed by atoms with Crippen LogP contribution in [0, 0.1) is 17.3 Å². The Kier molecular flexibility index (Phi) is 4.73. The molecule has 18 heavy (non-hydrogen) atoms. The minimum atomic E-state index is -0.775. The van der Waals surface area contributed by atoms with E-state index < -0.39 is 11.7 Å². The first-order chi connectivity index (χ1) is 8.26. The van der Waals surface area contributed by atoms with E-state index in [9.17, 15) is 15.0 Å². The Morgan fingerprint density at radius 1 is 1.33 bits per heavy atom. The number of hydrogen-bond donors (Lipinski definition) is 2. The lowest BCUT2D eigenvalue weighted by molar-refractivity contribution is -0.110. The summed E-state index contributed by atoms with van der Waals surface area (Å²) < 4.78 is 0. The van der Waals surface area contributed by atoms with Crippen LogP contribution in [0.3, 0.4) is 0 Å². The molecule has 0 heterocycles. The Hall–Kier alpha value is -0.670. The van der Waals surface area contributed by atoms with Crippen LogP contribution < -0.4 is 0 Å². The second-order valence-electron chi connectivity index (χ2n) is 6.27. The van der Waals surface area contributed by atoms with Crippen LogP contribution in [0.1, 0.15) is 47.0 Å². The third-order valence-electron chi connectivity index (χ3n) is 4.52. The van der Waals surface area contributed by atoms with Crippen LogP contribution in [0.4, 0.5) is 0 Å². The van der Waals surface area contributed by atoms with Gasteiger partial charge in [0, 0.05) is 12.3 Å². The van der Waals surface area contributed by atoms with E-state index in [-0.39, 0.29) is 17.3 Å². The Morgan fingerprint density at radius 2 is 1.94 bits per heavy atom. The average molecular weight is 254 g/mol. The summed E-state index contributed by atoms with van der Waals surface area (Å²) in [5, 5.41) is 20.2. The third kappa shape index (κ3) is 2.83. The van der Waals surface area contributed by atoms with Gasteiger partial charge in [-0.3, -0.25) is 0 Å². The van der Waals surface area contributed by atoms with Gasteiger partial charge in [-0.2, -0.15) is 0 Å². The molecule has 1 rings (SSSR count).